The number of nitrogens with zero attached hydrogens (tertiary/aromatic N) is 3. The van der Waals surface area contributed by atoms with Gasteiger partial charge in [-0.25, -0.2) is 4.98 Å². The van der Waals surface area contributed by atoms with E-state index in [0.29, 0.717) is 28.5 Å². The molecular weight excluding hydrogens is 876 g/mol. The first-order chi connectivity index (χ1) is 31.4. The second kappa shape index (κ2) is 22.0. The highest BCUT2D eigenvalue weighted by atomic mass is 35.5. The van der Waals surface area contributed by atoms with Gasteiger partial charge in [-0.2, -0.15) is 5.26 Å². The van der Waals surface area contributed by atoms with Crippen LogP contribution in [0, 0.1) is 40.9 Å². The monoisotopic (exact) mass is 938 g/mol. The summed E-state index contributed by atoms with van der Waals surface area (Å²) >= 11 is 7.81. The molecule has 2 heterocycles. The predicted molar refractivity (Wildman–Crippen MR) is 257 cm³/mol. The van der Waals surface area contributed by atoms with Gasteiger partial charge < -0.3 is 35.4 Å². The van der Waals surface area contributed by atoms with Crippen molar-refractivity contribution in [2.24, 2.45) is 22.7 Å². The molecule has 0 bridgehead atoms. The summed E-state index contributed by atoms with van der Waals surface area (Å²) in [5.41, 5.74) is 5.87. The van der Waals surface area contributed by atoms with E-state index in [1.807, 2.05) is 74.8 Å². The van der Waals surface area contributed by atoms with E-state index in [-0.39, 0.29) is 84.9 Å². The van der Waals surface area contributed by atoms with Gasteiger partial charge in [-0.15, -0.1) is 11.3 Å². The third kappa shape index (κ3) is 12.0. The third-order valence-corrected chi connectivity index (χ3v) is 14.3. The highest BCUT2D eigenvalue weighted by Crippen LogP contribution is 2.55. The molecule has 13 nitrogen and oxygen atoms in total. The number of Topliss-reactive ketones (excluding diaryl/α,β-unsaturated/α-hetero) is 1. The Hall–Kier alpha value is -5.33. The fraction of sp³-hybridized carbons (Fsp3) is 0.490. The first kappa shape index (κ1) is 50.1. The second-order valence-corrected chi connectivity index (χ2v) is 20.4. The van der Waals surface area contributed by atoms with Crippen molar-refractivity contribution < 1.29 is 33.8 Å². The molecule has 1 aliphatic carbocycles. The van der Waals surface area contributed by atoms with Crippen molar-refractivity contribution >= 4 is 52.1 Å². The van der Waals surface area contributed by atoms with Crippen LogP contribution in [0.2, 0.25) is 5.02 Å². The van der Waals surface area contributed by atoms with Gasteiger partial charge in [-0.05, 0) is 79.6 Å². The molecule has 15 heteroatoms. The number of hydrogen-bond acceptors (Lipinski definition) is 11. The lowest BCUT2D eigenvalue weighted by molar-refractivity contribution is -0.164. The number of thiazole rings is 1. The molecule has 352 valence electrons. The largest absolute Gasteiger partial charge is 0.489 e. The molecule has 4 aromatic rings. The molecule has 66 heavy (non-hydrogen) atoms. The van der Waals surface area contributed by atoms with Crippen LogP contribution in [0.5, 0.6) is 5.75 Å². The topological polar surface area (TPSA) is 183 Å². The minimum absolute atomic E-state index is 0.00352. The fourth-order valence-corrected chi connectivity index (χ4v) is 10.6. The van der Waals surface area contributed by atoms with Crippen LogP contribution in [0.1, 0.15) is 101 Å². The zero-order valence-electron chi connectivity index (χ0n) is 39.0. The van der Waals surface area contributed by atoms with Gasteiger partial charge in [0.2, 0.25) is 11.8 Å². The van der Waals surface area contributed by atoms with Crippen molar-refractivity contribution in [3.05, 3.63) is 99.6 Å². The molecule has 3 atom stereocenters. The fourth-order valence-electron chi connectivity index (χ4n) is 9.57. The number of amides is 3. The van der Waals surface area contributed by atoms with Crippen molar-refractivity contribution in [2.75, 3.05) is 31.6 Å². The average Bonchev–Trinajstić information content (AvgIpc) is 3.91. The maximum absolute atomic E-state index is 13.8. The minimum atomic E-state index is -0.827. The molecule has 2 fully saturated rings. The van der Waals surface area contributed by atoms with Crippen LogP contribution in [-0.2, 0) is 25.7 Å². The predicted octanol–water partition coefficient (Wildman–Crippen LogP) is 8.36. The van der Waals surface area contributed by atoms with Crippen molar-refractivity contribution in [1.82, 2.24) is 20.5 Å². The molecule has 0 radical (unpaired) electrons. The molecule has 1 aliphatic heterocycles. The lowest BCUT2D eigenvalue weighted by atomic mass is 9.49. The number of carbonyl (C=O) groups excluding carboxylic acids is 4. The Bertz CT molecular complexity index is 2360. The lowest BCUT2D eigenvalue weighted by Crippen LogP contribution is -2.74. The highest BCUT2D eigenvalue weighted by Gasteiger charge is 2.64. The van der Waals surface area contributed by atoms with E-state index >= 15 is 0 Å². The smallest absolute Gasteiger partial charge is 0.251 e. The molecule has 2 aliphatic rings. The number of carbonyl (C=O) groups is 4. The number of β-amino-alcohol motifs (C(OH)–C–C–N with tert-alkyl or cyclic N) is 1. The number of aromatic nitrogens is 1. The van der Waals surface area contributed by atoms with Crippen LogP contribution in [-0.4, -0.2) is 89.1 Å². The number of aliphatic hydroxyl groups excluding tert-OH is 1. The van der Waals surface area contributed by atoms with Crippen LogP contribution in [0.3, 0.4) is 0 Å². The maximum atomic E-state index is 13.8. The number of likely N-dealkylation sites (tertiary alicyclic amines) is 1. The average molecular weight is 940 g/mol. The summed E-state index contributed by atoms with van der Waals surface area (Å²) in [6, 6.07) is 21.4. The molecule has 4 N–H and O–H groups in total. The number of aryl methyl sites for hydroxylation is 1. The highest BCUT2D eigenvalue weighted by molar-refractivity contribution is 7.13. The summed E-state index contributed by atoms with van der Waals surface area (Å²) in [5, 5.41) is 29.6. The van der Waals surface area contributed by atoms with Crippen molar-refractivity contribution in [1.29, 1.82) is 5.26 Å². The number of nitrogens with one attached hydrogen (secondary N) is 3. The first-order valence-electron chi connectivity index (χ1n) is 22.8. The van der Waals surface area contributed by atoms with Crippen molar-refractivity contribution in [3.63, 3.8) is 0 Å². The maximum Gasteiger partial charge on any atom is 0.251 e. The Balaban J connectivity index is 0.864. The molecule has 3 aromatic carbocycles. The number of halogens is 1. The van der Waals surface area contributed by atoms with Crippen LogP contribution in [0.4, 0.5) is 5.69 Å². The number of ether oxygens (including phenoxy) is 2. The van der Waals surface area contributed by atoms with E-state index in [2.05, 4.69) is 54.7 Å². The molecule has 1 saturated carbocycles. The van der Waals surface area contributed by atoms with E-state index in [1.54, 1.807) is 29.5 Å². The summed E-state index contributed by atoms with van der Waals surface area (Å²) in [6.45, 7) is 15.4. The van der Waals surface area contributed by atoms with E-state index in [9.17, 15) is 29.5 Å². The number of hydrogen-bond donors (Lipinski definition) is 4. The number of rotatable bonds is 21. The molecule has 0 spiro atoms. The summed E-state index contributed by atoms with van der Waals surface area (Å²) in [6.07, 6.45) is 1.63. The standard InChI is InChI=1S/C51H63ClN6O7S/c1-31(2)41(47(63)58-28-38(59)24-43(58)46(62)55-27-33-11-13-34(14-12-33)44-32(3)56-30-66-44)23-39(60)29-64-22-10-8-9-21-54-37-18-15-35(16-19-37)45(61)57-48-50(4,5)49(51(48,6)7)65-40-20-17-36(26-53)42(52)25-40/h11-20,25,30-31,38,41,43,48-49,54,59H,8-10,21-24,27-29H2,1-7H3,(H,55,62)(H,57,61)/t38-,41+,43?,48-,49-/m1/s1. The molecule has 3 amide bonds. The number of unbranched alkanes of at least 4 members (excludes halogenated alkanes) is 2. The SMILES string of the molecule is Cc1ncsc1-c1ccc(CNC(=O)C2C[C@@H](O)CN2C(=O)[C@@H](CC(=O)COCCCCCNc2ccc(C(=O)N[C@H]3C(C)(C)[C@H](Oc4ccc(C#N)c(Cl)c4)C3(C)C)cc2)C(C)C)cc1. The Morgan fingerprint density at radius 1 is 1.00 bits per heavy atom. The Morgan fingerprint density at radius 2 is 1.71 bits per heavy atom. The molecule has 1 aromatic heterocycles. The van der Waals surface area contributed by atoms with Gasteiger partial charge >= 0.3 is 0 Å². The zero-order valence-corrected chi connectivity index (χ0v) is 40.6. The van der Waals surface area contributed by atoms with E-state index in [4.69, 9.17) is 21.1 Å². The number of ketones is 1. The van der Waals surface area contributed by atoms with Crippen LogP contribution in [0.25, 0.3) is 10.4 Å². The van der Waals surface area contributed by atoms with Crippen molar-refractivity contribution in [3.8, 4) is 22.3 Å². The van der Waals surface area contributed by atoms with Gasteiger partial charge in [0.1, 0.15) is 30.6 Å². The minimum Gasteiger partial charge on any atom is -0.489 e. The van der Waals surface area contributed by atoms with Crippen LogP contribution < -0.4 is 20.7 Å². The first-order valence-corrected chi connectivity index (χ1v) is 24.0. The quantitative estimate of drug-likeness (QED) is 0.0593. The van der Waals surface area contributed by atoms with Crippen molar-refractivity contribution in [2.45, 2.75) is 111 Å². The summed E-state index contributed by atoms with van der Waals surface area (Å²) < 4.78 is 12.1. The van der Waals surface area contributed by atoms with Gasteiger partial charge in [-0.1, -0.05) is 77.4 Å². The van der Waals surface area contributed by atoms with E-state index in [1.165, 1.54) is 4.90 Å². The molecule has 1 saturated heterocycles. The zero-order chi connectivity index (χ0) is 47.8. The van der Waals surface area contributed by atoms with E-state index in [0.717, 1.165) is 53.2 Å². The Morgan fingerprint density at radius 3 is 2.35 bits per heavy atom. The number of benzene rings is 3. The molecular formula is C51H63ClN6O7S. The van der Waals surface area contributed by atoms with Gasteiger partial charge in [-0.3, -0.25) is 19.2 Å². The number of anilines is 1. The molecule has 1 unspecified atom stereocenters. The van der Waals surface area contributed by atoms with Gasteiger partial charge in [0, 0.05) is 79.2 Å². The van der Waals surface area contributed by atoms with Crippen LogP contribution >= 0.6 is 22.9 Å². The summed E-state index contributed by atoms with van der Waals surface area (Å²) in [4.78, 5) is 60.5. The van der Waals surface area contributed by atoms with Crippen LogP contribution in [0.15, 0.2) is 72.2 Å². The summed E-state index contributed by atoms with van der Waals surface area (Å²) in [7, 11) is 0. The van der Waals surface area contributed by atoms with E-state index < -0.39 is 18.1 Å². The third-order valence-electron chi connectivity index (χ3n) is 13.0. The number of aliphatic hydroxyl groups is 1. The Kier molecular flexibility index (Phi) is 16.7. The van der Waals surface area contributed by atoms with Gasteiger partial charge in [0.15, 0.2) is 5.78 Å². The second-order valence-electron chi connectivity index (χ2n) is 19.1. The normalized spacial score (nSPS) is 19.9. The number of nitriles is 1. The Labute approximate surface area is 397 Å². The van der Waals surface area contributed by atoms with Gasteiger partial charge in [0.25, 0.3) is 5.91 Å². The summed E-state index contributed by atoms with van der Waals surface area (Å²) in [5.74, 6) is -1.19. The lowest BCUT2D eigenvalue weighted by Gasteiger charge is -2.63. The van der Waals surface area contributed by atoms with Gasteiger partial charge in [0.05, 0.1) is 32.8 Å². The molecule has 6 rings (SSSR count).